The van der Waals surface area contributed by atoms with E-state index in [9.17, 15) is 13.2 Å². The summed E-state index contributed by atoms with van der Waals surface area (Å²) >= 11 is 3.27. The van der Waals surface area contributed by atoms with Crippen LogP contribution in [0.1, 0.15) is 31.9 Å². The second-order valence-electron chi connectivity index (χ2n) is 5.32. The van der Waals surface area contributed by atoms with Gasteiger partial charge in [-0.25, -0.2) is 13.1 Å². The van der Waals surface area contributed by atoms with Crippen LogP contribution in [0.2, 0.25) is 0 Å². The van der Waals surface area contributed by atoms with Crippen molar-refractivity contribution >= 4 is 37.5 Å². The van der Waals surface area contributed by atoms with Crippen molar-refractivity contribution in [3.05, 3.63) is 58.6 Å². The van der Waals surface area contributed by atoms with E-state index in [4.69, 9.17) is 0 Å². The normalized spacial score (nSPS) is 12.6. The number of rotatable bonds is 6. The quantitative estimate of drug-likeness (QED) is 0.759. The molecule has 2 aromatic rings. The van der Waals surface area contributed by atoms with Crippen LogP contribution in [0.4, 0.5) is 5.69 Å². The molecule has 128 valence electrons. The molecule has 2 rings (SSSR count). The highest BCUT2D eigenvalue weighted by molar-refractivity contribution is 9.10. The van der Waals surface area contributed by atoms with Crippen molar-refractivity contribution < 1.29 is 13.2 Å². The van der Waals surface area contributed by atoms with Gasteiger partial charge in [0.05, 0.1) is 4.90 Å². The summed E-state index contributed by atoms with van der Waals surface area (Å²) in [6.07, 6.45) is 0.407. The average molecular weight is 411 g/mol. The summed E-state index contributed by atoms with van der Waals surface area (Å²) in [5, 5.41) is 2.76. The van der Waals surface area contributed by atoms with Crippen LogP contribution in [0.3, 0.4) is 0 Å². The number of anilines is 1. The van der Waals surface area contributed by atoms with E-state index >= 15 is 0 Å². The van der Waals surface area contributed by atoms with Crippen LogP contribution in [0.25, 0.3) is 0 Å². The predicted octanol–water partition coefficient (Wildman–Crippen LogP) is 3.84. The summed E-state index contributed by atoms with van der Waals surface area (Å²) in [5.74, 6) is -0.0637. The monoisotopic (exact) mass is 410 g/mol. The summed E-state index contributed by atoms with van der Waals surface area (Å²) < 4.78 is 28.2. The number of amides is 1. The third kappa shape index (κ3) is 4.90. The maximum absolute atomic E-state index is 12.4. The summed E-state index contributed by atoms with van der Waals surface area (Å²) in [6.45, 7) is 3.55. The first-order valence-corrected chi connectivity index (χ1v) is 9.77. The van der Waals surface area contributed by atoms with Gasteiger partial charge in [0.1, 0.15) is 0 Å². The lowest BCUT2D eigenvalue weighted by atomic mass is 10.1. The molecule has 0 saturated heterocycles. The molecule has 24 heavy (non-hydrogen) atoms. The smallest absolute Gasteiger partial charge is 0.241 e. The van der Waals surface area contributed by atoms with E-state index in [0.29, 0.717) is 16.6 Å². The van der Waals surface area contributed by atoms with Gasteiger partial charge in [-0.2, -0.15) is 0 Å². The third-order valence-electron chi connectivity index (χ3n) is 3.45. The van der Waals surface area contributed by atoms with Crippen molar-refractivity contribution in [1.29, 1.82) is 0 Å². The Labute approximate surface area is 150 Å². The molecular weight excluding hydrogens is 392 g/mol. The lowest BCUT2D eigenvalue weighted by molar-refractivity contribution is -0.115. The summed E-state index contributed by atoms with van der Waals surface area (Å²) in [5.41, 5.74) is 1.50. The number of nitrogens with one attached hydrogen (secondary N) is 2. The molecule has 0 fully saturated rings. The number of hydrogen-bond donors (Lipinski definition) is 2. The van der Waals surface area contributed by atoms with Crippen LogP contribution in [-0.4, -0.2) is 14.3 Å². The molecule has 0 aliphatic rings. The van der Waals surface area contributed by atoms with Gasteiger partial charge in [0.2, 0.25) is 15.9 Å². The van der Waals surface area contributed by atoms with Crippen molar-refractivity contribution in [2.75, 3.05) is 5.32 Å². The number of carbonyl (C=O) groups excluding carboxylic acids is 1. The van der Waals surface area contributed by atoms with Gasteiger partial charge in [0, 0.05) is 22.6 Å². The van der Waals surface area contributed by atoms with E-state index < -0.39 is 16.1 Å². The van der Waals surface area contributed by atoms with E-state index in [1.165, 1.54) is 0 Å². The molecular formula is C17H19BrN2O3S. The molecule has 0 radical (unpaired) electrons. The highest BCUT2D eigenvalue weighted by atomic mass is 79.9. The first kappa shape index (κ1) is 18.6. The molecule has 0 aromatic heterocycles. The first-order valence-electron chi connectivity index (χ1n) is 7.49. The lowest BCUT2D eigenvalue weighted by Crippen LogP contribution is -2.26. The second kappa shape index (κ2) is 7.92. The largest absolute Gasteiger partial charge is 0.326 e. The fraction of sp³-hybridized carbons (Fsp3) is 0.235. The topological polar surface area (TPSA) is 75.3 Å². The van der Waals surface area contributed by atoms with Crippen molar-refractivity contribution in [3.8, 4) is 0 Å². The Morgan fingerprint density at radius 3 is 2.42 bits per heavy atom. The summed E-state index contributed by atoms with van der Waals surface area (Å²) in [7, 11) is -3.61. The maximum Gasteiger partial charge on any atom is 0.241 e. The molecule has 2 aromatic carbocycles. The van der Waals surface area contributed by atoms with Gasteiger partial charge >= 0.3 is 0 Å². The van der Waals surface area contributed by atoms with Crippen LogP contribution >= 0.6 is 15.9 Å². The third-order valence-corrected chi connectivity index (χ3v) is 5.49. The van der Waals surface area contributed by atoms with Crippen LogP contribution in [0.15, 0.2) is 57.9 Å². The molecule has 2 N–H and O–H groups in total. The standard InChI is InChI=1S/C17H19BrN2O3S/c1-3-17(21)19-15-9-7-13(8-10-15)12(2)20-24(22,23)16-6-4-5-14(18)11-16/h4-12,20H,3H2,1-2H3,(H,19,21). The van der Waals surface area contributed by atoms with Crippen molar-refractivity contribution in [3.63, 3.8) is 0 Å². The average Bonchev–Trinajstić information content (AvgIpc) is 2.55. The minimum Gasteiger partial charge on any atom is -0.326 e. The Bertz CT molecular complexity index is 820. The number of halogens is 1. The van der Waals surface area contributed by atoms with Gasteiger partial charge in [-0.3, -0.25) is 4.79 Å². The van der Waals surface area contributed by atoms with Crippen LogP contribution < -0.4 is 10.0 Å². The number of sulfonamides is 1. The lowest BCUT2D eigenvalue weighted by Gasteiger charge is -2.15. The number of benzene rings is 2. The predicted molar refractivity (Wildman–Crippen MR) is 98.2 cm³/mol. The zero-order valence-corrected chi connectivity index (χ0v) is 15.8. The molecule has 1 amide bonds. The molecule has 1 atom stereocenters. The van der Waals surface area contributed by atoms with E-state index in [1.807, 2.05) is 0 Å². The Hall–Kier alpha value is -1.70. The maximum atomic E-state index is 12.4. The fourth-order valence-corrected chi connectivity index (χ4v) is 3.94. The molecule has 0 aliphatic carbocycles. The number of carbonyl (C=O) groups is 1. The highest BCUT2D eigenvalue weighted by Crippen LogP contribution is 2.21. The van der Waals surface area contributed by atoms with E-state index in [2.05, 4.69) is 26.0 Å². The molecule has 1 unspecified atom stereocenters. The molecule has 0 heterocycles. The van der Waals surface area contributed by atoms with Gasteiger partial charge in [-0.15, -0.1) is 0 Å². The van der Waals surface area contributed by atoms with Crippen molar-refractivity contribution in [2.45, 2.75) is 31.2 Å². The summed E-state index contributed by atoms with van der Waals surface area (Å²) in [4.78, 5) is 11.6. The van der Waals surface area contributed by atoms with E-state index in [0.717, 1.165) is 5.56 Å². The zero-order valence-electron chi connectivity index (χ0n) is 13.4. The Kier molecular flexibility index (Phi) is 6.15. The van der Waals surface area contributed by atoms with E-state index in [-0.39, 0.29) is 10.8 Å². The van der Waals surface area contributed by atoms with Crippen LogP contribution in [0.5, 0.6) is 0 Å². The van der Waals surface area contributed by atoms with Gasteiger partial charge in [-0.05, 0) is 42.8 Å². The Morgan fingerprint density at radius 2 is 1.83 bits per heavy atom. The van der Waals surface area contributed by atoms with Gasteiger partial charge < -0.3 is 5.32 Å². The van der Waals surface area contributed by atoms with Crippen LogP contribution in [-0.2, 0) is 14.8 Å². The van der Waals surface area contributed by atoms with Gasteiger partial charge in [-0.1, -0.05) is 41.1 Å². The zero-order chi connectivity index (χ0) is 17.7. The minimum atomic E-state index is -3.61. The molecule has 0 spiro atoms. The number of hydrogen-bond acceptors (Lipinski definition) is 3. The Balaban J connectivity index is 2.11. The summed E-state index contributed by atoms with van der Waals surface area (Å²) in [6, 6.07) is 13.2. The van der Waals surface area contributed by atoms with Crippen molar-refractivity contribution in [2.24, 2.45) is 0 Å². The second-order valence-corrected chi connectivity index (χ2v) is 7.95. The first-order chi connectivity index (χ1) is 11.3. The Morgan fingerprint density at radius 1 is 1.17 bits per heavy atom. The minimum absolute atomic E-state index is 0.0637. The van der Waals surface area contributed by atoms with Gasteiger partial charge in [0.25, 0.3) is 0 Å². The fourth-order valence-electron chi connectivity index (χ4n) is 2.11. The van der Waals surface area contributed by atoms with E-state index in [1.54, 1.807) is 62.4 Å². The molecule has 0 saturated carbocycles. The van der Waals surface area contributed by atoms with Crippen LogP contribution in [0, 0.1) is 0 Å². The molecule has 5 nitrogen and oxygen atoms in total. The SMILES string of the molecule is CCC(=O)Nc1ccc(C(C)NS(=O)(=O)c2cccc(Br)c2)cc1. The van der Waals surface area contributed by atoms with Crippen molar-refractivity contribution in [1.82, 2.24) is 4.72 Å². The highest BCUT2D eigenvalue weighted by Gasteiger charge is 2.18. The molecule has 0 aliphatic heterocycles. The van der Waals surface area contributed by atoms with Gasteiger partial charge in [0.15, 0.2) is 0 Å². The molecule has 7 heteroatoms. The molecule has 0 bridgehead atoms.